The number of hydrogen-bond acceptors (Lipinski definition) is 6. The molecule has 0 amide bonds. The number of methoxy groups -OCH3 is 1. The van der Waals surface area contributed by atoms with E-state index in [-0.39, 0.29) is 0 Å². The first-order valence-corrected chi connectivity index (χ1v) is 5.81. The second kappa shape index (κ2) is 5.87. The molecule has 2 aromatic rings. The molecule has 0 aliphatic heterocycles. The van der Waals surface area contributed by atoms with E-state index >= 15 is 0 Å². The Bertz CT molecular complexity index is 588. The van der Waals surface area contributed by atoms with Crippen LogP contribution in [0.1, 0.15) is 6.42 Å². The summed E-state index contributed by atoms with van der Waals surface area (Å²) in [5.41, 5.74) is 0.822. The van der Waals surface area contributed by atoms with E-state index in [0.717, 1.165) is 11.3 Å². The van der Waals surface area contributed by atoms with Crippen LogP contribution >= 0.6 is 0 Å². The van der Waals surface area contributed by atoms with Crippen molar-refractivity contribution in [3.05, 3.63) is 24.3 Å². The topological polar surface area (TPSA) is 75.2 Å². The summed E-state index contributed by atoms with van der Waals surface area (Å²) in [5, 5.41) is 12.5. The maximum atomic E-state index is 8.55. The smallest absolute Gasteiger partial charge is 0.324 e. The number of benzene rings is 1. The van der Waals surface area contributed by atoms with Crippen LogP contribution in [0, 0.1) is 11.3 Å². The Kier molecular flexibility index (Phi) is 3.98. The third-order valence-electron chi connectivity index (χ3n) is 2.63. The number of nitrogens with zero attached hydrogens (tertiary/aromatic N) is 4. The van der Waals surface area contributed by atoms with Crippen molar-refractivity contribution in [1.82, 2.24) is 10.1 Å². The predicted octanol–water partition coefficient (Wildman–Crippen LogP) is 2.10. The van der Waals surface area contributed by atoms with Crippen LogP contribution in [-0.2, 0) is 0 Å². The molecule has 1 aromatic carbocycles. The van der Waals surface area contributed by atoms with Crippen LogP contribution in [0.15, 0.2) is 28.8 Å². The van der Waals surface area contributed by atoms with Gasteiger partial charge in [-0.25, -0.2) is 0 Å². The van der Waals surface area contributed by atoms with Crippen LogP contribution in [-0.4, -0.2) is 30.8 Å². The van der Waals surface area contributed by atoms with Crippen LogP contribution < -0.4 is 9.64 Å². The highest BCUT2D eigenvalue weighted by atomic mass is 16.5. The maximum absolute atomic E-state index is 8.55. The van der Waals surface area contributed by atoms with Gasteiger partial charge >= 0.3 is 6.01 Å². The lowest BCUT2D eigenvalue weighted by Gasteiger charge is -2.09. The molecule has 0 unspecified atom stereocenters. The van der Waals surface area contributed by atoms with Gasteiger partial charge in [0.2, 0.25) is 5.82 Å². The van der Waals surface area contributed by atoms with Crippen LogP contribution in [0.5, 0.6) is 5.75 Å². The molecule has 0 aliphatic carbocycles. The Labute approximate surface area is 111 Å². The number of anilines is 1. The number of hydrogen-bond donors (Lipinski definition) is 0. The minimum Gasteiger partial charge on any atom is -0.497 e. The molecule has 0 N–H and O–H groups in total. The summed E-state index contributed by atoms with van der Waals surface area (Å²) in [6.45, 7) is 0.552. The average Bonchev–Trinajstić information content (AvgIpc) is 2.94. The molecule has 0 fully saturated rings. The summed E-state index contributed by atoms with van der Waals surface area (Å²) in [7, 11) is 3.41. The van der Waals surface area contributed by atoms with Crippen molar-refractivity contribution in [2.45, 2.75) is 6.42 Å². The lowest BCUT2D eigenvalue weighted by molar-refractivity contribution is 0.414. The second-order valence-corrected chi connectivity index (χ2v) is 3.96. The molecular formula is C13H14N4O2. The van der Waals surface area contributed by atoms with Gasteiger partial charge in [0.1, 0.15) is 5.75 Å². The fraction of sp³-hybridized carbons (Fsp3) is 0.308. The van der Waals surface area contributed by atoms with Crippen molar-refractivity contribution in [2.75, 3.05) is 25.6 Å². The molecule has 98 valence electrons. The van der Waals surface area contributed by atoms with E-state index in [2.05, 4.69) is 16.2 Å². The summed E-state index contributed by atoms with van der Waals surface area (Å²) in [6, 6.07) is 9.90. The van der Waals surface area contributed by atoms with Gasteiger partial charge in [-0.2, -0.15) is 10.2 Å². The van der Waals surface area contributed by atoms with Gasteiger partial charge in [-0.3, -0.25) is 0 Å². The van der Waals surface area contributed by atoms with Gasteiger partial charge < -0.3 is 14.2 Å². The van der Waals surface area contributed by atoms with E-state index in [1.165, 1.54) is 0 Å². The van der Waals surface area contributed by atoms with Crippen LogP contribution in [0.25, 0.3) is 11.4 Å². The van der Waals surface area contributed by atoms with Crippen molar-refractivity contribution in [2.24, 2.45) is 0 Å². The Morgan fingerprint density at radius 2 is 2.32 bits per heavy atom. The zero-order valence-electron chi connectivity index (χ0n) is 10.8. The van der Waals surface area contributed by atoms with E-state index in [1.807, 2.05) is 24.3 Å². The summed E-state index contributed by atoms with van der Waals surface area (Å²) in [4.78, 5) is 6.04. The van der Waals surface area contributed by atoms with Gasteiger partial charge in [-0.15, -0.1) is 0 Å². The molecule has 0 aliphatic rings. The van der Waals surface area contributed by atoms with E-state index in [9.17, 15) is 0 Å². The maximum Gasteiger partial charge on any atom is 0.324 e. The molecule has 1 heterocycles. The quantitative estimate of drug-likeness (QED) is 0.817. The third kappa shape index (κ3) is 3.01. The van der Waals surface area contributed by atoms with Gasteiger partial charge in [-0.1, -0.05) is 17.3 Å². The van der Waals surface area contributed by atoms with E-state index in [1.54, 1.807) is 19.1 Å². The van der Waals surface area contributed by atoms with E-state index in [0.29, 0.717) is 24.8 Å². The molecule has 0 saturated heterocycles. The second-order valence-electron chi connectivity index (χ2n) is 3.96. The van der Waals surface area contributed by atoms with E-state index in [4.69, 9.17) is 14.5 Å². The minimum atomic E-state index is 0.396. The zero-order chi connectivity index (χ0) is 13.7. The van der Waals surface area contributed by atoms with E-state index < -0.39 is 0 Å². The highest BCUT2D eigenvalue weighted by Crippen LogP contribution is 2.23. The van der Waals surface area contributed by atoms with Crippen molar-refractivity contribution in [3.63, 3.8) is 0 Å². The molecule has 19 heavy (non-hydrogen) atoms. The molecule has 0 bridgehead atoms. The summed E-state index contributed by atoms with van der Waals surface area (Å²) in [5.74, 6) is 1.24. The minimum absolute atomic E-state index is 0.396. The molecule has 6 nitrogen and oxygen atoms in total. The summed E-state index contributed by atoms with van der Waals surface area (Å²) in [6.07, 6.45) is 0.410. The van der Waals surface area contributed by atoms with Crippen LogP contribution in [0.4, 0.5) is 6.01 Å². The number of aromatic nitrogens is 2. The standard InChI is InChI=1S/C13H14N4O2/c1-17(8-4-7-14)13-15-12(16-19-13)10-5-3-6-11(9-10)18-2/h3,5-6,9H,4,8H2,1-2H3. The summed E-state index contributed by atoms with van der Waals surface area (Å²) < 4.78 is 10.3. The van der Waals surface area contributed by atoms with Crippen molar-refractivity contribution in [3.8, 4) is 23.2 Å². The van der Waals surface area contributed by atoms with Gasteiger partial charge in [-0.05, 0) is 12.1 Å². The lowest BCUT2D eigenvalue weighted by atomic mass is 10.2. The molecule has 6 heteroatoms. The fourth-order valence-corrected chi connectivity index (χ4v) is 1.56. The highest BCUT2D eigenvalue weighted by Gasteiger charge is 2.12. The Balaban J connectivity index is 2.18. The first kappa shape index (κ1) is 12.9. The molecule has 0 radical (unpaired) electrons. The first-order valence-electron chi connectivity index (χ1n) is 5.81. The Hall–Kier alpha value is -2.55. The first-order chi connectivity index (χ1) is 9.24. The van der Waals surface area contributed by atoms with Crippen LogP contribution in [0.2, 0.25) is 0 Å². The Morgan fingerprint density at radius 1 is 1.47 bits per heavy atom. The molecule has 0 saturated carbocycles. The van der Waals surface area contributed by atoms with Gasteiger partial charge in [0.15, 0.2) is 0 Å². The average molecular weight is 258 g/mol. The fourth-order valence-electron chi connectivity index (χ4n) is 1.56. The van der Waals surface area contributed by atoms with Crippen molar-refractivity contribution >= 4 is 6.01 Å². The van der Waals surface area contributed by atoms with Gasteiger partial charge in [0, 0.05) is 19.2 Å². The number of rotatable bonds is 5. The van der Waals surface area contributed by atoms with Gasteiger partial charge in [0.05, 0.1) is 19.6 Å². The zero-order valence-corrected chi connectivity index (χ0v) is 10.8. The lowest BCUT2D eigenvalue weighted by Crippen LogP contribution is -2.18. The third-order valence-corrected chi connectivity index (χ3v) is 2.63. The molecule has 0 atom stereocenters. The predicted molar refractivity (Wildman–Crippen MR) is 69.8 cm³/mol. The van der Waals surface area contributed by atoms with Crippen LogP contribution in [0.3, 0.4) is 0 Å². The van der Waals surface area contributed by atoms with Crippen molar-refractivity contribution < 1.29 is 9.26 Å². The molecule has 2 rings (SSSR count). The van der Waals surface area contributed by atoms with Crippen molar-refractivity contribution in [1.29, 1.82) is 5.26 Å². The van der Waals surface area contributed by atoms with Gasteiger partial charge in [0.25, 0.3) is 0 Å². The molecule has 0 spiro atoms. The highest BCUT2D eigenvalue weighted by molar-refractivity contribution is 5.58. The molecule has 1 aromatic heterocycles. The SMILES string of the molecule is COc1cccc(-c2noc(N(C)CCC#N)n2)c1. The number of ether oxygens (including phenoxy) is 1. The number of nitriles is 1. The monoisotopic (exact) mass is 258 g/mol. The molecular weight excluding hydrogens is 244 g/mol. The normalized spacial score (nSPS) is 9.95. The summed E-state index contributed by atoms with van der Waals surface area (Å²) >= 11 is 0. The largest absolute Gasteiger partial charge is 0.497 e. The Morgan fingerprint density at radius 3 is 3.05 bits per heavy atom.